The van der Waals surface area contributed by atoms with Gasteiger partial charge in [0.15, 0.2) is 5.82 Å². The highest BCUT2D eigenvalue weighted by Crippen LogP contribution is 2.62. The molecule has 3 heterocycles. The maximum absolute atomic E-state index is 6.70. The number of aromatic nitrogens is 3. The van der Waals surface area contributed by atoms with Crippen molar-refractivity contribution in [2.24, 2.45) is 0 Å². The molecule has 13 rings (SSSR count). The molecule has 3 aromatic heterocycles. The molecular weight excluding hydrogens is 755 g/mol. The van der Waals surface area contributed by atoms with E-state index in [4.69, 9.17) is 14.4 Å². The van der Waals surface area contributed by atoms with E-state index in [0.29, 0.717) is 5.82 Å². The van der Waals surface area contributed by atoms with Gasteiger partial charge in [0.2, 0.25) is 0 Å². The van der Waals surface area contributed by atoms with Crippen LogP contribution in [0, 0.1) is 0 Å². The van der Waals surface area contributed by atoms with Gasteiger partial charge in [0, 0.05) is 39.9 Å². The summed E-state index contributed by atoms with van der Waals surface area (Å²) in [6.07, 6.45) is 3.70. The van der Waals surface area contributed by atoms with Gasteiger partial charge in [-0.25, -0.2) is 9.97 Å². The Hall–Kier alpha value is -8.21. The number of hydrogen-bond acceptors (Lipinski definition) is 4. The maximum Gasteiger partial charge on any atom is 0.160 e. The lowest BCUT2D eigenvalue weighted by atomic mass is 9.65. The van der Waals surface area contributed by atoms with E-state index in [1.54, 1.807) is 6.20 Å². The smallest absolute Gasteiger partial charge is 0.160 e. The Morgan fingerprint density at radius 1 is 0.339 bits per heavy atom. The molecule has 0 fully saturated rings. The number of benzene rings is 8. The van der Waals surface area contributed by atoms with Crippen molar-refractivity contribution in [1.29, 1.82) is 0 Å². The van der Waals surface area contributed by atoms with Crippen LogP contribution in [-0.4, -0.2) is 15.0 Å². The zero-order valence-electron chi connectivity index (χ0n) is 33.5. The molecule has 0 N–H and O–H groups in total. The molecule has 62 heavy (non-hydrogen) atoms. The summed E-state index contributed by atoms with van der Waals surface area (Å²) in [4.78, 5) is 14.9. The van der Waals surface area contributed by atoms with Crippen molar-refractivity contribution in [1.82, 2.24) is 15.0 Å². The van der Waals surface area contributed by atoms with Crippen molar-refractivity contribution in [2.75, 3.05) is 0 Å². The number of pyridine rings is 1. The van der Waals surface area contributed by atoms with E-state index in [1.165, 1.54) is 55.6 Å². The molecule has 1 atom stereocenters. The summed E-state index contributed by atoms with van der Waals surface area (Å²) in [6.45, 7) is 0. The second-order valence-corrected chi connectivity index (χ2v) is 16.3. The Morgan fingerprint density at radius 2 is 0.919 bits per heavy atom. The first-order valence-electron chi connectivity index (χ1n) is 21.1. The fourth-order valence-electron chi connectivity index (χ4n) is 10.3. The first-order chi connectivity index (χ1) is 30.7. The molecule has 288 valence electrons. The van der Waals surface area contributed by atoms with E-state index in [1.807, 2.05) is 36.5 Å². The Bertz CT molecular complexity index is 3570. The lowest BCUT2D eigenvalue weighted by molar-refractivity contribution is 0.666. The summed E-state index contributed by atoms with van der Waals surface area (Å²) in [5.74, 6) is 0.679. The first kappa shape index (κ1) is 34.6. The molecular formula is C58H35N3O. The van der Waals surface area contributed by atoms with E-state index >= 15 is 0 Å². The lowest BCUT2D eigenvalue weighted by Crippen LogP contribution is -2.29. The Labute approximate surface area is 358 Å². The van der Waals surface area contributed by atoms with E-state index in [2.05, 4.69) is 175 Å². The molecule has 0 saturated carbocycles. The number of nitrogens with zero attached hydrogens (tertiary/aromatic N) is 3. The van der Waals surface area contributed by atoms with Crippen LogP contribution in [0.3, 0.4) is 0 Å². The predicted molar refractivity (Wildman–Crippen MR) is 251 cm³/mol. The summed E-state index contributed by atoms with van der Waals surface area (Å²) >= 11 is 0. The van der Waals surface area contributed by atoms with Crippen LogP contribution in [0.5, 0.6) is 0 Å². The van der Waals surface area contributed by atoms with Gasteiger partial charge in [0.25, 0.3) is 0 Å². The topological polar surface area (TPSA) is 51.8 Å². The molecule has 4 nitrogen and oxygen atoms in total. The molecule has 8 aromatic carbocycles. The lowest BCUT2D eigenvalue weighted by Gasteiger charge is -2.35. The van der Waals surface area contributed by atoms with Gasteiger partial charge in [-0.1, -0.05) is 164 Å². The van der Waals surface area contributed by atoms with Gasteiger partial charge < -0.3 is 4.42 Å². The molecule has 0 saturated heterocycles. The molecule has 0 aliphatic heterocycles. The zero-order chi connectivity index (χ0) is 40.8. The van der Waals surface area contributed by atoms with Gasteiger partial charge in [-0.15, -0.1) is 0 Å². The molecule has 0 amide bonds. The average molecular weight is 790 g/mol. The van der Waals surface area contributed by atoms with Crippen LogP contribution < -0.4 is 0 Å². The van der Waals surface area contributed by atoms with Crippen LogP contribution in [0.25, 0.3) is 100 Å². The highest BCUT2D eigenvalue weighted by molar-refractivity contribution is 6.09. The summed E-state index contributed by atoms with van der Waals surface area (Å²) in [5.41, 5.74) is 20.2. The average Bonchev–Trinajstić information content (AvgIpc) is 3.82. The minimum atomic E-state index is -0.694. The van der Waals surface area contributed by atoms with E-state index in [0.717, 1.165) is 61.1 Å². The predicted octanol–water partition coefficient (Wildman–Crippen LogP) is 14.4. The summed E-state index contributed by atoms with van der Waals surface area (Å²) in [6, 6.07) is 72.0. The van der Waals surface area contributed by atoms with Crippen molar-refractivity contribution in [3.63, 3.8) is 0 Å². The Kier molecular flexibility index (Phi) is 7.49. The second kappa shape index (κ2) is 13.4. The van der Waals surface area contributed by atoms with Gasteiger partial charge in [-0.05, 0) is 103 Å². The molecule has 2 aliphatic rings. The van der Waals surface area contributed by atoms with E-state index in [-0.39, 0.29) is 0 Å². The third kappa shape index (κ3) is 5.04. The molecule has 1 unspecified atom stereocenters. The Morgan fingerprint density at radius 3 is 1.66 bits per heavy atom. The molecule has 0 radical (unpaired) electrons. The highest BCUT2D eigenvalue weighted by atomic mass is 16.3. The summed E-state index contributed by atoms with van der Waals surface area (Å²) in [5, 5.41) is 2.25. The summed E-state index contributed by atoms with van der Waals surface area (Å²) in [7, 11) is 0. The third-order valence-corrected chi connectivity index (χ3v) is 13.0. The van der Waals surface area contributed by atoms with Crippen LogP contribution >= 0.6 is 0 Å². The molecule has 0 bridgehead atoms. The van der Waals surface area contributed by atoms with Crippen molar-refractivity contribution >= 4 is 21.9 Å². The van der Waals surface area contributed by atoms with Crippen molar-refractivity contribution in [3.05, 3.63) is 235 Å². The van der Waals surface area contributed by atoms with Crippen molar-refractivity contribution in [2.45, 2.75) is 5.41 Å². The number of para-hydroxylation sites is 1. The number of rotatable bonds is 4. The molecule has 2 aliphatic carbocycles. The van der Waals surface area contributed by atoms with Crippen molar-refractivity contribution < 1.29 is 4.42 Å². The highest BCUT2D eigenvalue weighted by Gasteiger charge is 2.50. The van der Waals surface area contributed by atoms with Gasteiger partial charge >= 0.3 is 0 Å². The fraction of sp³-hybridized carbons (Fsp3) is 0.0172. The molecule has 4 heteroatoms. The largest absolute Gasteiger partial charge is 0.456 e. The Balaban J connectivity index is 1.10. The SMILES string of the molecule is c1ccc(-c2nc(-c3ccc(-c4cccnc4)cc3)cc(-c3ccc4c(c3)C3(c5ccccc5-c5ccccc5-4)c4ccccc4-c4cc5c(cc43)oc3ccccc35)n2)cc1. The summed E-state index contributed by atoms with van der Waals surface area (Å²) < 4.78 is 6.70. The van der Waals surface area contributed by atoms with E-state index in [9.17, 15) is 0 Å². The van der Waals surface area contributed by atoms with Crippen LogP contribution in [0.15, 0.2) is 217 Å². The zero-order valence-corrected chi connectivity index (χ0v) is 33.5. The van der Waals surface area contributed by atoms with Crippen LogP contribution in [0.4, 0.5) is 0 Å². The van der Waals surface area contributed by atoms with Gasteiger partial charge in [0.1, 0.15) is 11.2 Å². The number of fused-ring (bicyclic) bond motifs is 15. The maximum atomic E-state index is 6.70. The first-order valence-corrected chi connectivity index (χ1v) is 21.1. The number of hydrogen-bond donors (Lipinski definition) is 0. The van der Waals surface area contributed by atoms with Crippen molar-refractivity contribution in [3.8, 4) is 78.4 Å². The van der Waals surface area contributed by atoms with Gasteiger partial charge in [-0.3, -0.25) is 4.98 Å². The normalized spacial score (nSPS) is 14.5. The van der Waals surface area contributed by atoms with Crippen LogP contribution in [-0.2, 0) is 5.41 Å². The third-order valence-electron chi connectivity index (χ3n) is 13.0. The molecule has 1 spiro atoms. The quantitative estimate of drug-likeness (QED) is 0.178. The van der Waals surface area contributed by atoms with Crippen LogP contribution in [0.2, 0.25) is 0 Å². The minimum Gasteiger partial charge on any atom is -0.456 e. The fourth-order valence-corrected chi connectivity index (χ4v) is 10.3. The van der Waals surface area contributed by atoms with Crippen LogP contribution in [0.1, 0.15) is 22.3 Å². The second-order valence-electron chi connectivity index (χ2n) is 16.3. The minimum absolute atomic E-state index is 0.679. The molecule has 11 aromatic rings. The number of furan rings is 1. The van der Waals surface area contributed by atoms with Gasteiger partial charge in [-0.2, -0.15) is 0 Å². The monoisotopic (exact) mass is 789 g/mol. The van der Waals surface area contributed by atoms with E-state index < -0.39 is 5.41 Å². The standard InChI is InChI=1S/C58H35N3O/c1-2-13-38(14-3-1)57-60-53(37-26-24-36(25-27-37)40-15-12-30-59-35-40)34-54(61-57)39-28-29-45-42-17-5-4-16-41(42)43-18-6-9-21-49(43)58(51(45)31-39)50-22-10-7-19-44(50)47-32-48-46-20-8-11-23-55(46)62-56(48)33-52(47)58/h1-35H. The van der Waals surface area contributed by atoms with Gasteiger partial charge in [0.05, 0.1) is 16.8 Å².